The fourth-order valence-corrected chi connectivity index (χ4v) is 1.28. The van der Waals surface area contributed by atoms with E-state index in [2.05, 4.69) is 10.3 Å². The van der Waals surface area contributed by atoms with Gasteiger partial charge in [-0.25, -0.2) is 0 Å². The zero-order chi connectivity index (χ0) is 11.3. The van der Waals surface area contributed by atoms with Crippen LogP contribution in [0.15, 0.2) is 18.3 Å². The first-order valence-electron chi connectivity index (χ1n) is 5.13. The number of nitrogens with two attached hydrogens (primary N) is 1. The highest BCUT2D eigenvalue weighted by molar-refractivity contribution is 5.94. The van der Waals surface area contributed by atoms with Crippen LogP contribution in [0.4, 0.5) is 5.69 Å². The second-order valence-corrected chi connectivity index (χ2v) is 3.52. The fraction of sp³-hybridized carbons (Fsp3) is 0.455. The molecule has 0 saturated heterocycles. The van der Waals surface area contributed by atoms with Crippen LogP contribution in [0.1, 0.15) is 25.5 Å². The van der Waals surface area contributed by atoms with Gasteiger partial charge in [-0.05, 0) is 25.5 Å². The molecule has 15 heavy (non-hydrogen) atoms. The van der Waals surface area contributed by atoms with Crippen LogP contribution < -0.4 is 11.1 Å². The molecule has 82 valence electrons. The Morgan fingerprint density at radius 2 is 2.40 bits per heavy atom. The van der Waals surface area contributed by atoms with Crippen molar-refractivity contribution in [2.75, 3.05) is 5.32 Å². The number of aryl methyl sites for hydroxylation is 1. The number of anilines is 1. The minimum Gasteiger partial charge on any atom is -0.323 e. The van der Waals surface area contributed by atoms with Crippen LogP contribution in [0, 0.1) is 6.92 Å². The van der Waals surface area contributed by atoms with Crippen LogP contribution in [0.5, 0.6) is 0 Å². The molecular formula is C11H17N3O. The molecular weight excluding hydrogens is 190 g/mol. The van der Waals surface area contributed by atoms with Gasteiger partial charge in [0.2, 0.25) is 5.91 Å². The van der Waals surface area contributed by atoms with Crippen LogP contribution in [0.3, 0.4) is 0 Å². The Balaban J connectivity index is 2.62. The fourth-order valence-electron chi connectivity index (χ4n) is 1.28. The number of carbonyl (C=O) groups is 1. The molecule has 4 heteroatoms. The summed E-state index contributed by atoms with van der Waals surface area (Å²) in [6.07, 6.45) is 3.29. The molecule has 0 saturated carbocycles. The summed E-state index contributed by atoms with van der Waals surface area (Å²) in [5, 5.41) is 2.77. The first-order valence-corrected chi connectivity index (χ1v) is 5.13. The number of aromatic nitrogens is 1. The van der Waals surface area contributed by atoms with E-state index in [1.165, 1.54) is 0 Å². The summed E-state index contributed by atoms with van der Waals surface area (Å²) in [6, 6.07) is 3.17. The number of nitrogens with one attached hydrogen (secondary N) is 1. The Morgan fingerprint density at radius 3 is 3.00 bits per heavy atom. The number of amides is 1. The van der Waals surface area contributed by atoms with E-state index < -0.39 is 6.04 Å². The Labute approximate surface area is 89.9 Å². The van der Waals surface area contributed by atoms with Crippen molar-refractivity contribution in [1.82, 2.24) is 4.98 Å². The van der Waals surface area contributed by atoms with E-state index >= 15 is 0 Å². The van der Waals surface area contributed by atoms with Crippen LogP contribution in [-0.2, 0) is 4.79 Å². The molecule has 1 heterocycles. The zero-order valence-electron chi connectivity index (χ0n) is 9.16. The van der Waals surface area contributed by atoms with Gasteiger partial charge in [-0.1, -0.05) is 13.3 Å². The maximum atomic E-state index is 11.6. The standard InChI is InChI=1S/C11H17N3O/c1-3-5-9(12)11(15)14-10-6-4-7-13-8(10)2/h4,6-7,9H,3,5,12H2,1-2H3,(H,14,15)/t9-/m0/s1. The highest BCUT2D eigenvalue weighted by Crippen LogP contribution is 2.10. The number of hydrogen-bond donors (Lipinski definition) is 2. The van der Waals surface area contributed by atoms with Crippen molar-refractivity contribution >= 4 is 11.6 Å². The lowest BCUT2D eigenvalue weighted by Gasteiger charge is -2.12. The minimum absolute atomic E-state index is 0.145. The summed E-state index contributed by atoms with van der Waals surface area (Å²) >= 11 is 0. The summed E-state index contributed by atoms with van der Waals surface area (Å²) in [5.41, 5.74) is 7.22. The van der Waals surface area contributed by atoms with E-state index in [1.54, 1.807) is 12.3 Å². The van der Waals surface area contributed by atoms with E-state index in [4.69, 9.17) is 5.73 Å². The quantitative estimate of drug-likeness (QED) is 0.785. The zero-order valence-corrected chi connectivity index (χ0v) is 9.16. The molecule has 0 aliphatic rings. The molecule has 0 radical (unpaired) electrons. The van der Waals surface area contributed by atoms with Crippen molar-refractivity contribution < 1.29 is 4.79 Å². The second kappa shape index (κ2) is 5.46. The Hall–Kier alpha value is -1.42. The van der Waals surface area contributed by atoms with Crippen molar-refractivity contribution in [1.29, 1.82) is 0 Å². The smallest absolute Gasteiger partial charge is 0.241 e. The molecule has 0 aliphatic carbocycles. The largest absolute Gasteiger partial charge is 0.323 e. The van der Waals surface area contributed by atoms with Gasteiger partial charge < -0.3 is 11.1 Å². The lowest BCUT2D eigenvalue weighted by molar-refractivity contribution is -0.117. The molecule has 1 aromatic heterocycles. The van der Waals surface area contributed by atoms with Gasteiger partial charge in [-0.3, -0.25) is 9.78 Å². The maximum absolute atomic E-state index is 11.6. The number of carbonyl (C=O) groups excluding carboxylic acids is 1. The summed E-state index contributed by atoms with van der Waals surface area (Å²) in [6.45, 7) is 3.85. The average Bonchev–Trinajstić information content (AvgIpc) is 2.21. The van der Waals surface area contributed by atoms with E-state index in [0.717, 1.165) is 17.8 Å². The van der Waals surface area contributed by atoms with Gasteiger partial charge >= 0.3 is 0 Å². The van der Waals surface area contributed by atoms with Gasteiger partial charge in [-0.2, -0.15) is 0 Å². The van der Waals surface area contributed by atoms with Crippen molar-refractivity contribution in [2.24, 2.45) is 5.73 Å². The van der Waals surface area contributed by atoms with Gasteiger partial charge in [0.1, 0.15) is 0 Å². The van der Waals surface area contributed by atoms with Crippen molar-refractivity contribution in [2.45, 2.75) is 32.7 Å². The van der Waals surface area contributed by atoms with Crippen LogP contribution in [-0.4, -0.2) is 16.9 Å². The van der Waals surface area contributed by atoms with Crippen molar-refractivity contribution in [3.8, 4) is 0 Å². The van der Waals surface area contributed by atoms with Crippen molar-refractivity contribution in [3.05, 3.63) is 24.0 Å². The van der Waals surface area contributed by atoms with Crippen LogP contribution >= 0.6 is 0 Å². The molecule has 1 atom stereocenters. The van der Waals surface area contributed by atoms with E-state index in [1.807, 2.05) is 19.9 Å². The Morgan fingerprint density at radius 1 is 1.67 bits per heavy atom. The summed E-state index contributed by atoms with van der Waals surface area (Å²) in [4.78, 5) is 15.7. The minimum atomic E-state index is -0.436. The normalized spacial score (nSPS) is 12.2. The van der Waals surface area contributed by atoms with Gasteiger partial charge in [0.25, 0.3) is 0 Å². The first-order chi connectivity index (χ1) is 7.15. The molecule has 1 aromatic rings. The van der Waals surface area contributed by atoms with E-state index in [-0.39, 0.29) is 5.91 Å². The number of nitrogens with zero attached hydrogens (tertiary/aromatic N) is 1. The number of hydrogen-bond acceptors (Lipinski definition) is 3. The predicted molar refractivity (Wildman–Crippen MR) is 60.5 cm³/mol. The number of pyridine rings is 1. The SMILES string of the molecule is CCC[C@H](N)C(=O)Nc1cccnc1C. The lowest BCUT2D eigenvalue weighted by Crippen LogP contribution is -2.35. The second-order valence-electron chi connectivity index (χ2n) is 3.52. The summed E-state index contributed by atoms with van der Waals surface area (Å²) in [5.74, 6) is -0.145. The maximum Gasteiger partial charge on any atom is 0.241 e. The first kappa shape index (κ1) is 11.7. The average molecular weight is 207 g/mol. The molecule has 0 spiro atoms. The van der Waals surface area contributed by atoms with Gasteiger partial charge in [0.05, 0.1) is 17.4 Å². The third kappa shape index (κ3) is 3.32. The van der Waals surface area contributed by atoms with E-state index in [0.29, 0.717) is 6.42 Å². The van der Waals surface area contributed by atoms with Gasteiger partial charge in [0, 0.05) is 6.20 Å². The molecule has 0 bridgehead atoms. The summed E-state index contributed by atoms with van der Waals surface area (Å²) in [7, 11) is 0. The Kier molecular flexibility index (Phi) is 4.24. The molecule has 0 aliphatic heterocycles. The topological polar surface area (TPSA) is 68.0 Å². The molecule has 0 unspecified atom stereocenters. The highest BCUT2D eigenvalue weighted by Gasteiger charge is 2.12. The molecule has 3 N–H and O–H groups in total. The van der Waals surface area contributed by atoms with Crippen LogP contribution in [0.2, 0.25) is 0 Å². The third-order valence-electron chi connectivity index (χ3n) is 2.20. The highest BCUT2D eigenvalue weighted by atomic mass is 16.2. The monoisotopic (exact) mass is 207 g/mol. The van der Waals surface area contributed by atoms with Crippen molar-refractivity contribution in [3.63, 3.8) is 0 Å². The predicted octanol–water partition coefficient (Wildman–Crippen LogP) is 1.46. The van der Waals surface area contributed by atoms with Crippen LogP contribution in [0.25, 0.3) is 0 Å². The third-order valence-corrected chi connectivity index (χ3v) is 2.20. The number of rotatable bonds is 4. The Bertz CT molecular complexity index is 338. The van der Waals surface area contributed by atoms with Gasteiger partial charge in [-0.15, -0.1) is 0 Å². The summed E-state index contributed by atoms with van der Waals surface area (Å²) < 4.78 is 0. The molecule has 0 aromatic carbocycles. The molecule has 1 rings (SSSR count). The molecule has 1 amide bonds. The van der Waals surface area contributed by atoms with E-state index in [9.17, 15) is 4.79 Å². The van der Waals surface area contributed by atoms with Gasteiger partial charge in [0.15, 0.2) is 0 Å². The molecule has 4 nitrogen and oxygen atoms in total. The molecule has 0 fully saturated rings. The lowest BCUT2D eigenvalue weighted by atomic mass is 10.1.